The number of hydrogen-bond acceptors (Lipinski definition) is 4. The summed E-state index contributed by atoms with van der Waals surface area (Å²) in [7, 11) is 2.07. The number of hydrogen-bond donors (Lipinski definition) is 2. The van der Waals surface area contributed by atoms with Crippen LogP contribution in [0.2, 0.25) is 0 Å². The molecule has 1 heterocycles. The van der Waals surface area contributed by atoms with Crippen LogP contribution < -0.4 is 11.1 Å². The van der Waals surface area contributed by atoms with Crippen molar-refractivity contribution in [1.29, 1.82) is 0 Å². The molecule has 1 saturated heterocycles. The lowest BCUT2D eigenvalue weighted by atomic mass is 10.1. The van der Waals surface area contributed by atoms with Crippen LogP contribution in [0.4, 0.5) is 0 Å². The maximum Gasteiger partial charge on any atom is 0.221 e. The van der Waals surface area contributed by atoms with E-state index in [1.807, 2.05) is 0 Å². The van der Waals surface area contributed by atoms with E-state index in [1.165, 1.54) is 12.8 Å². The molecule has 2 fully saturated rings. The molecular formula is C12H23N3O2. The normalized spacial score (nSPS) is 27.8. The van der Waals surface area contributed by atoms with E-state index >= 15 is 0 Å². The fourth-order valence-corrected chi connectivity index (χ4v) is 2.20. The molecule has 0 aromatic carbocycles. The molecule has 2 aliphatic rings. The minimum atomic E-state index is 0.0462. The Morgan fingerprint density at radius 1 is 1.59 bits per heavy atom. The van der Waals surface area contributed by atoms with Gasteiger partial charge in [-0.3, -0.25) is 4.79 Å². The lowest BCUT2D eigenvalue weighted by Gasteiger charge is -2.30. The predicted octanol–water partition coefficient (Wildman–Crippen LogP) is -0.439. The van der Waals surface area contributed by atoms with Crippen molar-refractivity contribution in [3.05, 3.63) is 0 Å². The molecule has 17 heavy (non-hydrogen) atoms. The summed E-state index contributed by atoms with van der Waals surface area (Å²) in [4.78, 5) is 13.9. The fraction of sp³-hybridized carbons (Fsp3) is 0.917. The number of amides is 1. The average Bonchev–Trinajstić information content (AvgIpc) is 3.10. The Balaban J connectivity index is 1.61. The summed E-state index contributed by atoms with van der Waals surface area (Å²) in [5.74, 6) is 0.638. The second-order valence-electron chi connectivity index (χ2n) is 5.26. The van der Waals surface area contributed by atoms with E-state index in [9.17, 15) is 4.79 Å². The van der Waals surface area contributed by atoms with Crippen molar-refractivity contribution in [2.24, 2.45) is 11.7 Å². The van der Waals surface area contributed by atoms with Crippen LogP contribution in [0.1, 0.15) is 19.3 Å². The van der Waals surface area contributed by atoms with Crippen molar-refractivity contribution >= 4 is 5.91 Å². The van der Waals surface area contributed by atoms with Crippen molar-refractivity contribution in [2.75, 3.05) is 33.3 Å². The van der Waals surface area contributed by atoms with Crippen LogP contribution in [0.25, 0.3) is 0 Å². The Labute approximate surface area is 103 Å². The average molecular weight is 241 g/mol. The van der Waals surface area contributed by atoms with Crippen molar-refractivity contribution in [3.8, 4) is 0 Å². The van der Waals surface area contributed by atoms with Gasteiger partial charge >= 0.3 is 0 Å². The molecule has 1 saturated carbocycles. The van der Waals surface area contributed by atoms with Crippen LogP contribution in [0.3, 0.4) is 0 Å². The van der Waals surface area contributed by atoms with Crippen LogP contribution in [0.5, 0.6) is 0 Å². The van der Waals surface area contributed by atoms with E-state index in [0.29, 0.717) is 18.9 Å². The van der Waals surface area contributed by atoms with Gasteiger partial charge in [0.15, 0.2) is 0 Å². The molecule has 0 bridgehead atoms. The number of likely N-dealkylation sites (N-methyl/N-ethyl adjacent to an activating group) is 1. The summed E-state index contributed by atoms with van der Waals surface area (Å²) in [6.45, 7) is 3.20. The number of rotatable bonds is 5. The molecule has 98 valence electrons. The predicted molar refractivity (Wildman–Crippen MR) is 65.6 cm³/mol. The lowest BCUT2D eigenvalue weighted by Crippen LogP contribution is -2.46. The first-order valence-corrected chi connectivity index (χ1v) is 6.47. The molecule has 5 heteroatoms. The van der Waals surface area contributed by atoms with Gasteiger partial charge in [-0.15, -0.1) is 0 Å². The highest BCUT2D eigenvalue weighted by atomic mass is 16.5. The molecular weight excluding hydrogens is 218 g/mol. The number of nitrogens with two attached hydrogens (primary N) is 1. The number of nitrogens with zero attached hydrogens (tertiary/aromatic N) is 1. The van der Waals surface area contributed by atoms with E-state index in [-0.39, 0.29) is 18.1 Å². The van der Waals surface area contributed by atoms with Gasteiger partial charge in [-0.1, -0.05) is 0 Å². The monoisotopic (exact) mass is 241 g/mol. The van der Waals surface area contributed by atoms with E-state index in [0.717, 1.165) is 19.7 Å². The Kier molecular flexibility index (Phi) is 4.36. The number of ether oxygens (including phenoxy) is 1. The highest BCUT2D eigenvalue weighted by molar-refractivity contribution is 5.76. The number of carbonyl (C=O) groups is 1. The topological polar surface area (TPSA) is 67.6 Å². The highest BCUT2D eigenvalue weighted by Crippen LogP contribution is 2.32. The van der Waals surface area contributed by atoms with E-state index < -0.39 is 0 Å². The Morgan fingerprint density at radius 3 is 3.00 bits per heavy atom. The molecule has 2 atom stereocenters. The van der Waals surface area contributed by atoms with Crippen LogP contribution in [-0.4, -0.2) is 56.2 Å². The van der Waals surface area contributed by atoms with Crippen molar-refractivity contribution in [1.82, 2.24) is 10.2 Å². The number of carbonyl (C=O) groups excluding carboxylic acids is 1. The van der Waals surface area contributed by atoms with Gasteiger partial charge < -0.3 is 20.7 Å². The van der Waals surface area contributed by atoms with Gasteiger partial charge in [-0.2, -0.15) is 0 Å². The molecule has 2 unspecified atom stereocenters. The van der Waals surface area contributed by atoms with Crippen LogP contribution in [0.15, 0.2) is 0 Å². The van der Waals surface area contributed by atoms with Crippen LogP contribution in [0, 0.1) is 5.92 Å². The van der Waals surface area contributed by atoms with Gasteiger partial charge in [0.05, 0.1) is 12.7 Å². The summed E-state index contributed by atoms with van der Waals surface area (Å²) in [6.07, 6.45) is 2.94. The molecule has 0 aromatic rings. The molecule has 0 spiro atoms. The summed E-state index contributed by atoms with van der Waals surface area (Å²) >= 11 is 0. The SMILES string of the molecule is CN1CCOC(CNC(=O)CC(N)C2CC2)C1. The first-order chi connectivity index (χ1) is 8.15. The van der Waals surface area contributed by atoms with E-state index in [1.54, 1.807) is 0 Å². The van der Waals surface area contributed by atoms with Gasteiger partial charge in [0.2, 0.25) is 5.91 Å². The first-order valence-electron chi connectivity index (χ1n) is 6.47. The highest BCUT2D eigenvalue weighted by Gasteiger charge is 2.30. The minimum Gasteiger partial charge on any atom is -0.374 e. The standard InChI is InChI=1S/C12H23N3O2/c1-15-4-5-17-10(8-15)7-14-12(16)6-11(13)9-2-3-9/h9-11H,2-8,13H2,1H3,(H,14,16). The Hall–Kier alpha value is -0.650. The molecule has 1 aliphatic heterocycles. The van der Waals surface area contributed by atoms with Crippen molar-refractivity contribution in [2.45, 2.75) is 31.4 Å². The van der Waals surface area contributed by atoms with Crippen LogP contribution in [-0.2, 0) is 9.53 Å². The zero-order chi connectivity index (χ0) is 12.3. The second kappa shape index (κ2) is 5.80. The zero-order valence-electron chi connectivity index (χ0n) is 10.5. The third-order valence-electron chi connectivity index (χ3n) is 3.52. The maximum atomic E-state index is 11.6. The Morgan fingerprint density at radius 2 is 2.35 bits per heavy atom. The minimum absolute atomic E-state index is 0.0462. The second-order valence-corrected chi connectivity index (χ2v) is 5.26. The summed E-state index contributed by atoms with van der Waals surface area (Å²) in [5.41, 5.74) is 5.91. The first kappa shape index (κ1) is 12.8. The van der Waals surface area contributed by atoms with Gasteiger partial charge in [-0.05, 0) is 25.8 Å². The third-order valence-corrected chi connectivity index (χ3v) is 3.52. The van der Waals surface area contributed by atoms with Gasteiger partial charge in [0, 0.05) is 32.1 Å². The molecule has 1 aliphatic carbocycles. The maximum absolute atomic E-state index is 11.6. The molecule has 2 rings (SSSR count). The zero-order valence-corrected chi connectivity index (χ0v) is 10.5. The fourth-order valence-electron chi connectivity index (χ4n) is 2.20. The van der Waals surface area contributed by atoms with Gasteiger partial charge in [-0.25, -0.2) is 0 Å². The van der Waals surface area contributed by atoms with E-state index in [4.69, 9.17) is 10.5 Å². The molecule has 5 nitrogen and oxygen atoms in total. The Bertz CT molecular complexity index is 268. The summed E-state index contributed by atoms with van der Waals surface area (Å²) in [5, 5.41) is 2.92. The van der Waals surface area contributed by atoms with Gasteiger partial charge in [0.25, 0.3) is 0 Å². The number of nitrogens with one attached hydrogen (secondary N) is 1. The molecule has 0 radical (unpaired) electrons. The molecule has 0 aromatic heterocycles. The molecule has 1 amide bonds. The van der Waals surface area contributed by atoms with Gasteiger partial charge in [0.1, 0.15) is 0 Å². The summed E-state index contributed by atoms with van der Waals surface area (Å²) in [6, 6.07) is 0.0462. The lowest BCUT2D eigenvalue weighted by molar-refractivity contribution is -0.122. The molecule has 3 N–H and O–H groups in total. The summed E-state index contributed by atoms with van der Waals surface area (Å²) < 4.78 is 5.58. The van der Waals surface area contributed by atoms with Crippen molar-refractivity contribution < 1.29 is 9.53 Å². The van der Waals surface area contributed by atoms with Crippen molar-refractivity contribution in [3.63, 3.8) is 0 Å². The largest absolute Gasteiger partial charge is 0.374 e. The quantitative estimate of drug-likeness (QED) is 0.685. The van der Waals surface area contributed by atoms with E-state index in [2.05, 4.69) is 17.3 Å². The van der Waals surface area contributed by atoms with Crippen LogP contribution >= 0.6 is 0 Å². The third kappa shape index (κ3) is 4.26. The number of morpholine rings is 1. The smallest absolute Gasteiger partial charge is 0.221 e.